The molecule has 142 valence electrons. The van der Waals surface area contributed by atoms with Gasteiger partial charge >= 0.3 is 0 Å². The number of hydrogen-bond donors (Lipinski definition) is 2. The first-order chi connectivity index (χ1) is 12.1. The van der Waals surface area contributed by atoms with Crippen LogP contribution < -0.4 is 20.1 Å². The van der Waals surface area contributed by atoms with Gasteiger partial charge in [0.2, 0.25) is 0 Å². The molecular formula is C20H28IN3O2. The van der Waals surface area contributed by atoms with Crippen molar-refractivity contribution in [3.05, 3.63) is 59.7 Å². The summed E-state index contributed by atoms with van der Waals surface area (Å²) >= 11 is 0. The van der Waals surface area contributed by atoms with Gasteiger partial charge in [-0.1, -0.05) is 30.3 Å². The van der Waals surface area contributed by atoms with Gasteiger partial charge in [-0.15, -0.1) is 24.0 Å². The molecule has 26 heavy (non-hydrogen) atoms. The quantitative estimate of drug-likeness (QED) is 0.369. The lowest BCUT2D eigenvalue weighted by Crippen LogP contribution is -2.41. The van der Waals surface area contributed by atoms with Gasteiger partial charge < -0.3 is 20.1 Å². The number of rotatable bonds is 7. The zero-order valence-electron chi connectivity index (χ0n) is 15.8. The highest BCUT2D eigenvalue weighted by molar-refractivity contribution is 14.0. The fraction of sp³-hybridized carbons (Fsp3) is 0.350. The van der Waals surface area contributed by atoms with Gasteiger partial charge in [-0.05, 0) is 37.6 Å². The summed E-state index contributed by atoms with van der Waals surface area (Å²) in [5, 5.41) is 6.58. The fourth-order valence-electron chi connectivity index (χ4n) is 2.41. The molecule has 0 spiro atoms. The molecule has 0 aliphatic carbocycles. The second-order valence-electron chi connectivity index (χ2n) is 5.86. The molecule has 1 unspecified atom stereocenters. The van der Waals surface area contributed by atoms with Crippen molar-refractivity contribution in [3.63, 3.8) is 0 Å². The van der Waals surface area contributed by atoms with Gasteiger partial charge in [0.05, 0.1) is 13.7 Å². The molecule has 0 amide bonds. The lowest BCUT2D eigenvalue weighted by atomic mass is 10.1. The number of nitrogens with one attached hydrogen (secondary N) is 2. The summed E-state index contributed by atoms with van der Waals surface area (Å²) in [5.41, 5.74) is 2.26. The molecule has 0 aliphatic rings. The average Bonchev–Trinajstić information content (AvgIpc) is 2.63. The van der Waals surface area contributed by atoms with Crippen LogP contribution in [0.2, 0.25) is 0 Å². The number of halogens is 1. The van der Waals surface area contributed by atoms with Gasteiger partial charge in [-0.25, -0.2) is 0 Å². The molecule has 0 radical (unpaired) electrons. The smallest absolute Gasteiger partial charge is 0.191 e. The molecule has 0 fully saturated rings. The van der Waals surface area contributed by atoms with E-state index in [0.717, 1.165) is 23.0 Å². The van der Waals surface area contributed by atoms with Gasteiger partial charge in [-0.2, -0.15) is 0 Å². The monoisotopic (exact) mass is 469 g/mol. The standard InChI is InChI=1S/C20H27N3O2.HI/c1-15-10-11-17(19(12-15)24-4)14-23-20(21-3)22-13-16(2)25-18-8-6-5-7-9-18;/h5-12,16H,13-14H2,1-4H3,(H2,21,22,23);1H. The minimum Gasteiger partial charge on any atom is -0.496 e. The second kappa shape index (κ2) is 11.6. The topological polar surface area (TPSA) is 54.9 Å². The van der Waals surface area contributed by atoms with Crippen molar-refractivity contribution in [3.8, 4) is 11.5 Å². The minimum absolute atomic E-state index is 0. The highest BCUT2D eigenvalue weighted by Gasteiger charge is 2.07. The van der Waals surface area contributed by atoms with E-state index in [9.17, 15) is 0 Å². The Hall–Kier alpha value is -1.96. The molecule has 0 saturated heterocycles. The van der Waals surface area contributed by atoms with Crippen molar-refractivity contribution >= 4 is 29.9 Å². The second-order valence-corrected chi connectivity index (χ2v) is 5.86. The van der Waals surface area contributed by atoms with Crippen molar-refractivity contribution in [2.45, 2.75) is 26.5 Å². The first kappa shape index (κ1) is 22.1. The van der Waals surface area contributed by atoms with Crippen LogP contribution in [0.3, 0.4) is 0 Å². The van der Waals surface area contributed by atoms with Crippen LogP contribution in [0.15, 0.2) is 53.5 Å². The Morgan fingerprint density at radius 2 is 1.85 bits per heavy atom. The third-order valence-electron chi connectivity index (χ3n) is 3.75. The van der Waals surface area contributed by atoms with Crippen LogP contribution in [0.4, 0.5) is 0 Å². The number of para-hydroxylation sites is 1. The molecule has 0 saturated carbocycles. The first-order valence-electron chi connectivity index (χ1n) is 8.42. The summed E-state index contributed by atoms with van der Waals surface area (Å²) in [6.45, 7) is 5.36. The number of ether oxygens (including phenoxy) is 2. The largest absolute Gasteiger partial charge is 0.496 e. The molecule has 5 nitrogen and oxygen atoms in total. The lowest BCUT2D eigenvalue weighted by molar-refractivity contribution is 0.224. The van der Waals surface area contributed by atoms with Crippen molar-refractivity contribution in [2.75, 3.05) is 20.7 Å². The third-order valence-corrected chi connectivity index (χ3v) is 3.75. The van der Waals surface area contributed by atoms with Gasteiger partial charge in [0.1, 0.15) is 17.6 Å². The molecule has 0 heterocycles. The molecular weight excluding hydrogens is 441 g/mol. The Kier molecular flexibility index (Phi) is 9.87. The number of hydrogen-bond acceptors (Lipinski definition) is 3. The van der Waals surface area contributed by atoms with Crippen molar-refractivity contribution < 1.29 is 9.47 Å². The van der Waals surface area contributed by atoms with Crippen LogP contribution in [0.1, 0.15) is 18.1 Å². The maximum absolute atomic E-state index is 5.86. The van der Waals surface area contributed by atoms with E-state index in [1.165, 1.54) is 5.56 Å². The highest BCUT2D eigenvalue weighted by atomic mass is 127. The summed E-state index contributed by atoms with van der Waals surface area (Å²) in [6, 6.07) is 16.0. The number of benzene rings is 2. The highest BCUT2D eigenvalue weighted by Crippen LogP contribution is 2.19. The van der Waals surface area contributed by atoms with Crippen molar-refractivity contribution in [2.24, 2.45) is 4.99 Å². The van der Waals surface area contributed by atoms with Crippen molar-refractivity contribution in [1.82, 2.24) is 10.6 Å². The van der Waals surface area contributed by atoms with Gasteiger partial charge in [0.25, 0.3) is 0 Å². The predicted octanol–water partition coefficient (Wildman–Crippen LogP) is 3.75. The molecule has 2 aromatic rings. The first-order valence-corrected chi connectivity index (χ1v) is 8.42. The summed E-state index contributed by atoms with van der Waals surface area (Å²) < 4.78 is 11.3. The molecule has 2 rings (SSSR count). The van der Waals surface area contributed by atoms with Gasteiger partial charge in [-0.3, -0.25) is 4.99 Å². The number of nitrogens with zero attached hydrogens (tertiary/aromatic N) is 1. The summed E-state index contributed by atoms with van der Waals surface area (Å²) in [7, 11) is 3.44. The SMILES string of the molecule is CN=C(NCc1ccc(C)cc1OC)NCC(C)Oc1ccccc1.I. The summed E-state index contributed by atoms with van der Waals surface area (Å²) in [4.78, 5) is 4.25. The Labute approximate surface area is 173 Å². The van der Waals surface area contributed by atoms with E-state index in [-0.39, 0.29) is 30.1 Å². The third kappa shape index (κ3) is 7.11. The molecule has 0 aliphatic heterocycles. The number of aliphatic imine (C=N–C) groups is 1. The van der Waals surface area contributed by atoms with E-state index in [1.54, 1.807) is 14.2 Å². The van der Waals surface area contributed by atoms with Crippen molar-refractivity contribution in [1.29, 1.82) is 0 Å². The van der Waals surface area contributed by atoms with Gasteiger partial charge in [0, 0.05) is 19.2 Å². The van der Waals surface area contributed by atoms with E-state index in [2.05, 4.69) is 27.8 Å². The maximum Gasteiger partial charge on any atom is 0.191 e. The molecule has 6 heteroatoms. The molecule has 2 N–H and O–H groups in total. The molecule has 2 aromatic carbocycles. The Bertz CT molecular complexity index is 693. The molecule has 0 aromatic heterocycles. The Morgan fingerprint density at radius 3 is 2.50 bits per heavy atom. The number of aryl methyl sites for hydroxylation is 1. The van der Waals surface area contributed by atoms with E-state index in [1.807, 2.05) is 50.2 Å². The molecule has 0 bridgehead atoms. The summed E-state index contributed by atoms with van der Waals surface area (Å²) in [6.07, 6.45) is 0.0230. The normalized spacial score (nSPS) is 11.9. The minimum atomic E-state index is 0. The maximum atomic E-state index is 5.86. The Morgan fingerprint density at radius 1 is 1.12 bits per heavy atom. The Balaban J connectivity index is 0.00000338. The number of guanidine groups is 1. The van der Waals surface area contributed by atoms with E-state index >= 15 is 0 Å². The van der Waals surface area contributed by atoms with Crippen LogP contribution in [-0.2, 0) is 6.54 Å². The molecule has 1 atom stereocenters. The van der Waals surface area contributed by atoms with Crippen LogP contribution in [0.5, 0.6) is 11.5 Å². The van der Waals surface area contributed by atoms with E-state index < -0.39 is 0 Å². The lowest BCUT2D eigenvalue weighted by Gasteiger charge is -2.18. The average molecular weight is 469 g/mol. The fourth-order valence-corrected chi connectivity index (χ4v) is 2.41. The number of methoxy groups -OCH3 is 1. The zero-order chi connectivity index (χ0) is 18.1. The summed E-state index contributed by atoms with van der Waals surface area (Å²) in [5.74, 6) is 2.47. The van der Waals surface area contributed by atoms with Gasteiger partial charge in [0.15, 0.2) is 5.96 Å². The van der Waals surface area contributed by atoms with Crippen LogP contribution >= 0.6 is 24.0 Å². The predicted molar refractivity (Wildman–Crippen MR) is 118 cm³/mol. The van der Waals surface area contributed by atoms with Crippen LogP contribution in [0.25, 0.3) is 0 Å². The van der Waals surface area contributed by atoms with E-state index in [4.69, 9.17) is 9.47 Å². The zero-order valence-corrected chi connectivity index (χ0v) is 18.1. The van der Waals surface area contributed by atoms with E-state index in [0.29, 0.717) is 13.1 Å². The van der Waals surface area contributed by atoms with Crippen LogP contribution in [0, 0.1) is 6.92 Å². The van der Waals surface area contributed by atoms with Crippen LogP contribution in [-0.4, -0.2) is 32.8 Å².